The van der Waals surface area contributed by atoms with Gasteiger partial charge in [0.15, 0.2) is 0 Å². The summed E-state index contributed by atoms with van der Waals surface area (Å²) in [7, 11) is 4.17. The van der Waals surface area contributed by atoms with Gasteiger partial charge in [0.25, 0.3) is 0 Å². The molecular formula is C10H22N4O. The van der Waals surface area contributed by atoms with Crippen molar-refractivity contribution >= 4 is 5.91 Å². The second-order valence-electron chi connectivity index (χ2n) is 4.41. The van der Waals surface area contributed by atoms with Gasteiger partial charge >= 0.3 is 0 Å². The van der Waals surface area contributed by atoms with Gasteiger partial charge in [0, 0.05) is 25.6 Å². The highest BCUT2D eigenvalue weighted by Gasteiger charge is 2.24. The van der Waals surface area contributed by atoms with Crippen LogP contribution < -0.4 is 11.3 Å². The molecule has 15 heavy (non-hydrogen) atoms. The molecule has 1 saturated heterocycles. The van der Waals surface area contributed by atoms with E-state index in [4.69, 9.17) is 5.84 Å². The van der Waals surface area contributed by atoms with Gasteiger partial charge in [-0.15, -0.1) is 0 Å². The fourth-order valence-corrected chi connectivity index (χ4v) is 2.14. The van der Waals surface area contributed by atoms with Crippen LogP contribution in [0, 0.1) is 0 Å². The maximum Gasteiger partial charge on any atom is 0.235 e. The van der Waals surface area contributed by atoms with Crippen LogP contribution in [-0.2, 0) is 4.79 Å². The lowest BCUT2D eigenvalue weighted by Gasteiger charge is -2.26. The molecule has 1 rings (SSSR count). The van der Waals surface area contributed by atoms with Gasteiger partial charge in [-0.05, 0) is 33.5 Å². The number of amides is 1. The molecule has 5 nitrogen and oxygen atoms in total. The second kappa shape index (κ2) is 6.05. The quantitative estimate of drug-likeness (QED) is 0.364. The maximum absolute atomic E-state index is 11.0. The summed E-state index contributed by atoms with van der Waals surface area (Å²) in [5, 5.41) is 0. The number of rotatable bonds is 5. The van der Waals surface area contributed by atoms with Gasteiger partial charge in [-0.25, -0.2) is 5.84 Å². The van der Waals surface area contributed by atoms with Crippen molar-refractivity contribution in [2.75, 3.05) is 33.7 Å². The van der Waals surface area contributed by atoms with E-state index < -0.39 is 0 Å². The molecule has 0 bridgehead atoms. The summed E-state index contributed by atoms with van der Waals surface area (Å²) in [5.41, 5.74) is 2.17. The highest BCUT2D eigenvalue weighted by molar-refractivity contribution is 5.75. The first-order valence-electron chi connectivity index (χ1n) is 5.51. The van der Waals surface area contributed by atoms with Gasteiger partial charge in [-0.2, -0.15) is 0 Å². The van der Waals surface area contributed by atoms with E-state index in [2.05, 4.69) is 29.3 Å². The van der Waals surface area contributed by atoms with E-state index in [1.807, 2.05) is 0 Å². The van der Waals surface area contributed by atoms with E-state index in [9.17, 15) is 4.79 Å². The van der Waals surface area contributed by atoms with Crippen LogP contribution in [0.5, 0.6) is 0 Å². The van der Waals surface area contributed by atoms with Gasteiger partial charge in [0.2, 0.25) is 5.91 Å². The van der Waals surface area contributed by atoms with Gasteiger partial charge in [-0.3, -0.25) is 15.1 Å². The second-order valence-corrected chi connectivity index (χ2v) is 4.41. The Morgan fingerprint density at radius 3 is 2.93 bits per heavy atom. The number of nitrogens with one attached hydrogen (secondary N) is 1. The molecule has 1 atom stereocenters. The Hall–Kier alpha value is -0.650. The molecule has 1 amide bonds. The zero-order valence-electron chi connectivity index (χ0n) is 9.70. The minimum absolute atomic E-state index is 0.0782. The number of hydrogen-bond donors (Lipinski definition) is 2. The van der Waals surface area contributed by atoms with Crippen LogP contribution in [0.1, 0.15) is 19.3 Å². The maximum atomic E-state index is 11.0. The number of likely N-dealkylation sites (tertiary alicyclic amines) is 1. The summed E-state index contributed by atoms with van der Waals surface area (Å²) >= 11 is 0. The fraction of sp³-hybridized carbons (Fsp3) is 0.900. The van der Waals surface area contributed by atoms with Crippen molar-refractivity contribution in [3.63, 3.8) is 0 Å². The number of hydrogen-bond acceptors (Lipinski definition) is 4. The van der Waals surface area contributed by atoms with E-state index in [0.717, 1.165) is 19.6 Å². The molecular weight excluding hydrogens is 192 g/mol. The van der Waals surface area contributed by atoms with Crippen LogP contribution in [-0.4, -0.2) is 55.5 Å². The predicted octanol–water partition coefficient (Wildman–Crippen LogP) is -0.608. The zero-order valence-corrected chi connectivity index (χ0v) is 9.70. The summed E-state index contributed by atoms with van der Waals surface area (Å²) in [6, 6.07) is 0.602. The molecule has 88 valence electrons. The van der Waals surface area contributed by atoms with Gasteiger partial charge < -0.3 is 4.90 Å². The van der Waals surface area contributed by atoms with Gasteiger partial charge in [0.1, 0.15) is 0 Å². The molecule has 0 saturated carbocycles. The minimum Gasteiger partial charge on any atom is -0.308 e. The molecule has 1 heterocycles. The lowest BCUT2D eigenvalue weighted by atomic mass is 10.2. The van der Waals surface area contributed by atoms with E-state index >= 15 is 0 Å². The highest BCUT2D eigenvalue weighted by atomic mass is 16.2. The average Bonchev–Trinajstić information content (AvgIpc) is 2.61. The van der Waals surface area contributed by atoms with Crippen molar-refractivity contribution < 1.29 is 4.79 Å². The molecule has 0 aromatic rings. The number of likely N-dealkylation sites (N-methyl/N-ethyl adjacent to an activating group) is 1. The third-order valence-corrected chi connectivity index (χ3v) is 2.86. The summed E-state index contributed by atoms with van der Waals surface area (Å²) in [5.74, 6) is 4.97. The lowest BCUT2D eigenvalue weighted by Crippen LogP contribution is -2.40. The molecule has 1 aliphatic heterocycles. The smallest absolute Gasteiger partial charge is 0.235 e. The van der Waals surface area contributed by atoms with Crippen molar-refractivity contribution in [2.24, 2.45) is 5.84 Å². The van der Waals surface area contributed by atoms with Crippen LogP contribution >= 0.6 is 0 Å². The van der Waals surface area contributed by atoms with Crippen LogP contribution in [0.2, 0.25) is 0 Å². The Labute approximate surface area is 91.6 Å². The first-order valence-corrected chi connectivity index (χ1v) is 5.51. The lowest BCUT2D eigenvalue weighted by molar-refractivity contribution is -0.121. The largest absolute Gasteiger partial charge is 0.308 e. The third kappa shape index (κ3) is 4.15. The Bertz CT molecular complexity index is 208. The van der Waals surface area contributed by atoms with Crippen molar-refractivity contribution in [3.8, 4) is 0 Å². The van der Waals surface area contributed by atoms with E-state index in [1.165, 1.54) is 12.8 Å². The molecule has 0 aromatic heterocycles. The molecule has 0 radical (unpaired) electrons. The van der Waals surface area contributed by atoms with Crippen LogP contribution in [0.25, 0.3) is 0 Å². The Kier molecular flexibility index (Phi) is 5.01. The van der Waals surface area contributed by atoms with Crippen LogP contribution in [0.15, 0.2) is 0 Å². The summed E-state index contributed by atoms with van der Waals surface area (Å²) in [6.45, 7) is 3.00. The number of nitrogens with two attached hydrogens (primary N) is 1. The van der Waals surface area contributed by atoms with Gasteiger partial charge in [0.05, 0.1) is 0 Å². The number of carbonyl (C=O) groups excluding carboxylic acids is 1. The SMILES string of the molecule is CN(C)CC1CCCN1CCC(=O)NN. The first-order chi connectivity index (χ1) is 7.13. The van der Waals surface area contributed by atoms with Crippen molar-refractivity contribution in [1.29, 1.82) is 0 Å². The summed E-state index contributed by atoms with van der Waals surface area (Å²) in [4.78, 5) is 15.6. The topological polar surface area (TPSA) is 61.6 Å². The molecule has 5 heteroatoms. The highest BCUT2D eigenvalue weighted by Crippen LogP contribution is 2.17. The van der Waals surface area contributed by atoms with Crippen LogP contribution in [0.4, 0.5) is 0 Å². The number of hydrazine groups is 1. The minimum atomic E-state index is -0.0782. The summed E-state index contributed by atoms with van der Waals surface area (Å²) < 4.78 is 0. The Morgan fingerprint density at radius 2 is 2.33 bits per heavy atom. The first kappa shape index (κ1) is 12.4. The molecule has 1 aliphatic rings. The monoisotopic (exact) mass is 214 g/mol. The number of carbonyl (C=O) groups is 1. The fourth-order valence-electron chi connectivity index (χ4n) is 2.14. The van der Waals surface area contributed by atoms with Crippen molar-refractivity contribution in [2.45, 2.75) is 25.3 Å². The Morgan fingerprint density at radius 1 is 1.60 bits per heavy atom. The molecule has 0 aromatic carbocycles. The summed E-state index contributed by atoms with van der Waals surface area (Å²) in [6.07, 6.45) is 2.98. The number of nitrogens with zero attached hydrogens (tertiary/aromatic N) is 2. The zero-order chi connectivity index (χ0) is 11.3. The average molecular weight is 214 g/mol. The molecule has 3 N–H and O–H groups in total. The van der Waals surface area contributed by atoms with E-state index in [1.54, 1.807) is 0 Å². The van der Waals surface area contributed by atoms with E-state index in [0.29, 0.717) is 12.5 Å². The van der Waals surface area contributed by atoms with Gasteiger partial charge in [-0.1, -0.05) is 0 Å². The molecule has 1 fully saturated rings. The molecule has 0 spiro atoms. The third-order valence-electron chi connectivity index (χ3n) is 2.86. The molecule has 1 unspecified atom stereocenters. The molecule has 0 aliphatic carbocycles. The van der Waals surface area contributed by atoms with Crippen molar-refractivity contribution in [3.05, 3.63) is 0 Å². The van der Waals surface area contributed by atoms with Crippen LogP contribution in [0.3, 0.4) is 0 Å². The normalized spacial score (nSPS) is 22.3. The Balaban J connectivity index is 2.30. The van der Waals surface area contributed by atoms with E-state index in [-0.39, 0.29) is 5.91 Å². The standard InChI is InChI=1S/C10H22N4O/c1-13(2)8-9-4-3-6-14(9)7-5-10(15)12-11/h9H,3-8,11H2,1-2H3,(H,12,15). The van der Waals surface area contributed by atoms with Crippen molar-refractivity contribution in [1.82, 2.24) is 15.2 Å². The predicted molar refractivity (Wildman–Crippen MR) is 60.1 cm³/mol.